The van der Waals surface area contributed by atoms with Crippen molar-refractivity contribution in [2.75, 3.05) is 13.1 Å². The number of likely N-dealkylation sites (tertiary alicyclic amines) is 1. The first-order valence-corrected chi connectivity index (χ1v) is 10.4. The third-order valence-electron chi connectivity index (χ3n) is 5.50. The molecule has 0 spiro atoms. The van der Waals surface area contributed by atoms with E-state index in [1.807, 2.05) is 36.4 Å². The molecule has 1 amide bonds. The number of benzene rings is 3. The molecule has 1 saturated heterocycles. The molecule has 0 aliphatic carbocycles. The molecule has 0 bridgehead atoms. The fraction of sp³-hybridized carbons (Fsp3) is 0.320. The number of nitrogens with zero attached hydrogens (tertiary/aromatic N) is 1. The quantitative estimate of drug-likeness (QED) is 0.647. The molecule has 0 unspecified atom stereocenters. The Kier molecular flexibility index (Phi) is 6.11. The maximum Gasteiger partial charge on any atom is 0.261 e. The van der Waals surface area contributed by atoms with Gasteiger partial charge in [0.2, 0.25) is 0 Å². The molecule has 1 fully saturated rings. The molecule has 4 heteroatoms. The molecule has 3 aromatic rings. The topological polar surface area (TPSA) is 41.6 Å². The number of nitrogens with one attached hydrogen (secondary N) is 1. The second-order valence-corrected chi connectivity index (χ2v) is 7.79. The fourth-order valence-electron chi connectivity index (χ4n) is 3.79. The zero-order chi connectivity index (χ0) is 20.1. The minimum atomic E-state index is -0.550. The monoisotopic (exact) mass is 388 g/mol. The van der Waals surface area contributed by atoms with E-state index in [1.54, 1.807) is 6.92 Å². The van der Waals surface area contributed by atoms with Crippen molar-refractivity contribution in [3.63, 3.8) is 0 Å². The van der Waals surface area contributed by atoms with Crippen LogP contribution >= 0.6 is 0 Å². The maximum absolute atomic E-state index is 12.4. The minimum Gasteiger partial charge on any atom is -0.481 e. The first kappa shape index (κ1) is 19.5. The third kappa shape index (κ3) is 5.15. The van der Waals surface area contributed by atoms with Gasteiger partial charge < -0.3 is 10.1 Å². The third-order valence-corrected chi connectivity index (χ3v) is 5.50. The minimum absolute atomic E-state index is 0.112. The Morgan fingerprint density at radius 1 is 0.966 bits per heavy atom. The smallest absolute Gasteiger partial charge is 0.261 e. The number of hydrogen-bond donors (Lipinski definition) is 1. The van der Waals surface area contributed by atoms with Crippen molar-refractivity contribution >= 4 is 16.7 Å². The van der Waals surface area contributed by atoms with Gasteiger partial charge >= 0.3 is 0 Å². The maximum atomic E-state index is 12.4. The zero-order valence-corrected chi connectivity index (χ0v) is 16.9. The lowest BCUT2D eigenvalue weighted by molar-refractivity contribution is -0.127. The molecule has 29 heavy (non-hydrogen) atoms. The van der Waals surface area contributed by atoms with Crippen molar-refractivity contribution in [1.29, 1.82) is 0 Å². The normalized spacial score (nSPS) is 15.3. The van der Waals surface area contributed by atoms with Crippen molar-refractivity contribution in [3.8, 4) is 5.75 Å². The van der Waals surface area contributed by atoms with E-state index in [4.69, 9.17) is 4.74 Å². The average Bonchev–Trinajstić information content (AvgIpc) is 3.26. The molecule has 4 nitrogen and oxygen atoms in total. The van der Waals surface area contributed by atoms with Gasteiger partial charge in [-0.2, -0.15) is 0 Å². The number of ether oxygens (including phenoxy) is 1. The van der Waals surface area contributed by atoms with Crippen LogP contribution in [0.5, 0.6) is 5.75 Å². The molecule has 0 aromatic heterocycles. The van der Waals surface area contributed by atoms with Crippen molar-refractivity contribution in [1.82, 2.24) is 10.2 Å². The summed E-state index contributed by atoms with van der Waals surface area (Å²) < 4.78 is 5.85. The van der Waals surface area contributed by atoms with Crippen LogP contribution in [0.15, 0.2) is 66.7 Å². The van der Waals surface area contributed by atoms with Gasteiger partial charge in [0.15, 0.2) is 6.10 Å². The number of fused-ring (bicyclic) bond motifs is 1. The van der Waals surface area contributed by atoms with Crippen molar-refractivity contribution in [2.24, 2.45) is 0 Å². The standard InChI is InChI=1S/C25H28N2O2/c1-19(29-24-13-12-22-6-2-3-7-23(22)16-24)25(28)26-17-20-8-10-21(11-9-20)18-27-14-4-5-15-27/h2-3,6-13,16,19H,4-5,14-15,17-18H2,1H3,(H,26,28)/t19-/m1/s1. The van der Waals surface area contributed by atoms with Gasteiger partial charge in [-0.05, 0) is 66.9 Å². The predicted molar refractivity (Wildman–Crippen MR) is 117 cm³/mol. The molecule has 4 rings (SSSR count). The van der Waals surface area contributed by atoms with Crippen LogP contribution in [0, 0.1) is 0 Å². The lowest BCUT2D eigenvalue weighted by Gasteiger charge is -2.16. The van der Waals surface area contributed by atoms with Crippen molar-refractivity contribution < 1.29 is 9.53 Å². The molecule has 1 aliphatic heterocycles. The highest BCUT2D eigenvalue weighted by Gasteiger charge is 2.15. The van der Waals surface area contributed by atoms with Gasteiger partial charge in [0.25, 0.3) is 5.91 Å². The predicted octanol–water partition coefficient (Wildman–Crippen LogP) is 4.52. The van der Waals surface area contributed by atoms with Crippen molar-refractivity contribution in [3.05, 3.63) is 77.9 Å². The van der Waals surface area contributed by atoms with Crippen molar-refractivity contribution in [2.45, 2.75) is 39.0 Å². The van der Waals surface area contributed by atoms with E-state index in [0.29, 0.717) is 12.3 Å². The van der Waals surface area contributed by atoms with E-state index in [9.17, 15) is 4.79 Å². The summed E-state index contributed by atoms with van der Waals surface area (Å²) in [5, 5.41) is 5.24. The summed E-state index contributed by atoms with van der Waals surface area (Å²) in [5.41, 5.74) is 2.43. The first-order chi connectivity index (χ1) is 14.2. The molecule has 1 N–H and O–H groups in total. The fourth-order valence-corrected chi connectivity index (χ4v) is 3.79. The molecular weight excluding hydrogens is 360 g/mol. The number of carbonyl (C=O) groups is 1. The van der Waals surface area contributed by atoms with Gasteiger partial charge in [-0.1, -0.05) is 54.6 Å². The van der Waals surface area contributed by atoms with E-state index >= 15 is 0 Å². The van der Waals surface area contributed by atoms with E-state index in [1.165, 1.54) is 31.5 Å². The second kappa shape index (κ2) is 9.10. The summed E-state index contributed by atoms with van der Waals surface area (Å²) in [6.45, 7) is 5.71. The van der Waals surface area contributed by atoms with Crippen LogP contribution < -0.4 is 10.1 Å². The number of rotatable bonds is 7. The van der Waals surface area contributed by atoms with Gasteiger partial charge in [-0.3, -0.25) is 9.69 Å². The second-order valence-electron chi connectivity index (χ2n) is 7.79. The molecular formula is C25H28N2O2. The van der Waals surface area contributed by atoms with E-state index in [-0.39, 0.29) is 5.91 Å². The molecule has 150 valence electrons. The number of amides is 1. The Labute approximate surface area is 172 Å². The highest BCUT2D eigenvalue weighted by atomic mass is 16.5. The average molecular weight is 389 g/mol. The Morgan fingerprint density at radius 3 is 2.41 bits per heavy atom. The molecule has 1 aliphatic rings. The zero-order valence-electron chi connectivity index (χ0n) is 16.9. The molecule has 0 radical (unpaired) electrons. The van der Waals surface area contributed by atoms with Crippen LogP contribution in [0.1, 0.15) is 30.9 Å². The Hall–Kier alpha value is -2.85. The summed E-state index contributed by atoms with van der Waals surface area (Å²) in [7, 11) is 0. The van der Waals surface area contributed by atoms with Gasteiger partial charge in [0.05, 0.1) is 0 Å². The highest BCUT2D eigenvalue weighted by molar-refractivity contribution is 5.84. The molecule has 1 heterocycles. The summed E-state index contributed by atoms with van der Waals surface area (Å²) in [5.74, 6) is 0.594. The van der Waals surface area contributed by atoms with Gasteiger partial charge in [-0.15, -0.1) is 0 Å². The SMILES string of the molecule is C[C@@H](Oc1ccc2ccccc2c1)C(=O)NCc1ccc(CN2CCCC2)cc1. The lowest BCUT2D eigenvalue weighted by atomic mass is 10.1. The molecule has 0 saturated carbocycles. The summed E-state index contributed by atoms with van der Waals surface area (Å²) in [6, 6.07) is 22.5. The summed E-state index contributed by atoms with van der Waals surface area (Å²) >= 11 is 0. The summed E-state index contributed by atoms with van der Waals surface area (Å²) in [4.78, 5) is 14.9. The van der Waals surface area contributed by atoms with Gasteiger partial charge in [0, 0.05) is 13.1 Å². The Morgan fingerprint density at radius 2 is 1.66 bits per heavy atom. The van der Waals surface area contributed by atoms with Crippen LogP contribution in [0.3, 0.4) is 0 Å². The van der Waals surface area contributed by atoms with Crippen LogP contribution in [0.25, 0.3) is 10.8 Å². The van der Waals surface area contributed by atoms with E-state index in [2.05, 4.69) is 40.5 Å². The van der Waals surface area contributed by atoms with Gasteiger partial charge in [-0.25, -0.2) is 0 Å². The lowest BCUT2D eigenvalue weighted by Crippen LogP contribution is -2.35. The first-order valence-electron chi connectivity index (χ1n) is 10.4. The molecule has 1 atom stereocenters. The molecule has 3 aromatic carbocycles. The van der Waals surface area contributed by atoms with Crippen LogP contribution in [0.4, 0.5) is 0 Å². The Balaban J connectivity index is 1.28. The van der Waals surface area contributed by atoms with Crippen LogP contribution in [-0.4, -0.2) is 30.0 Å². The van der Waals surface area contributed by atoms with Crippen LogP contribution in [0.2, 0.25) is 0 Å². The van der Waals surface area contributed by atoms with E-state index in [0.717, 1.165) is 22.9 Å². The van der Waals surface area contributed by atoms with E-state index < -0.39 is 6.10 Å². The highest BCUT2D eigenvalue weighted by Crippen LogP contribution is 2.21. The summed E-state index contributed by atoms with van der Waals surface area (Å²) in [6.07, 6.45) is 2.07. The van der Waals surface area contributed by atoms with Gasteiger partial charge in [0.1, 0.15) is 5.75 Å². The largest absolute Gasteiger partial charge is 0.481 e. The Bertz CT molecular complexity index is 962. The number of carbonyl (C=O) groups excluding carboxylic acids is 1. The van der Waals surface area contributed by atoms with Crippen LogP contribution in [-0.2, 0) is 17.9 Å². The number of hydrogen-bond acceptors (Lipinski definition) is 3.